The fraction of sp³-hybridized carbons (Fsp3) is 0.0952. The molecule has 5 nitrogen and oxygen atoms in total. The van der Waals surface area contributed by atoms with Crippen molar-refractivity contribution in [3.63, 3.8) is 0 Å². The Morgan fingerprint density at radius 2 is 1.89 bits per heavy atom. The maximum absolute atomic E-state index is 11.1. The zero-order valence-corrected chi connectivity index (χ0v) is 16.4. The van der Waals surface area contributed by atoms with Gasteiger partial charge in [-0.1, -0.05) is 34.1 Å². The van der Waals surface area contributed by atoms with Gasteiger partial charge in [-0.3, -0.25) is 10.1 Å². The molecule has 2 aromatic carbocycles. The second-order valence-electron chi connectivity index (χ2n) is 6.12. The molecule has 0 fully saturated rings. The number of hydrogen-bond acceptors (Lipinski definition) is 3. The molecule has 0 atom stereocenters. The number of hydrogen-bond donors (Lipinski definition) is 0. The molecule has 0 spiro atoms. The van der Waals surface area contributed by atoms with E-state index >= 15 is 0 Å². The van der Waals surface area contributed by atoms with Crippen LogP contribution in [0.25, 0.3) is 17.3 Å². The van der Waals surface area contributed by atoms with E-state index in [-0.39, 0.29) is 5.69 Å². The summed E-state index contributed by atoms with van der Waals surface area (Å²) in [6, 6.07) is 18.3. The first-order chi connectivity index (χ1) is 12.9. The molecule has 0 aliphatic heterocycles. The number of non-ortho nitro benzene ring substituents is 1. The highest BCUT2D eigenvalue weighted by molar-refractivity contribution is 9.10. The number of halogens is 1. The van der Waals surface area contributed by atoms with Crippen molar-refractivity contribution in [2.45, 2.75) is 13.8 Å². The van der Waals surface area contributed by atoms with Gasteiger partial charge in [0.15, 0.2) is 0 Å². The van der Waals surface area contributed by atoms with Crippen LogP contribution in [-0.4, -0.2) is 9.49 Å². The molecular weight excluding hydrogens is 406 g/mol. The van der Waals surface area contributed by atoms with Crippen LogP contribution < -0.4 is 0 Å². The van der Waals surface area contributed by atoms with Crippen molar-refractivity contribution in [1.29, 1.82) is 5.26 Å². The van der Waals surface area contributed by atoms with Crippen molar-refractivity contribution in [3.8, 4) is 11.8 Å². The minimum absolute atomic E-state index is 0.0460. The molecule has 0 radical (unpaired) electrons. The third-order valence-electron chi connectivity index (χ3n) is 4.34. The molecule has 6 heteroatoms. The quantitative estimate of drug-likeness (QED) is 0.302. The van der Waals surface area contributed by atoms with Crippen LogP contribution in [0, 0.1) is 35.3 Å². The summed E-state index contributed by atoms with van der Waals surface area (Å²) in [6.45, 7) is 3.88. The molecule has 134 valence electrons. The number of benzene rings is 2. The molecule has 0 saturated carbocycles. The van der Waals surface area contributed by atoms with Gasteiger partial charge in [0, 0.05) is 28.0 Å². The number of aromatic nitrogens is 1. The Morgan fingerprint density at radius 1 is 1.19 bits per heavy atom. The smallest absolute Gasteiger partial charge is 0.271 e. The van der Waals surface area contributed by atoms with Crippen molar-refractivity contribution in [1.82, 2.24) is 4.57 Å². The average Bonchev–Trinajstić information content (AvgIpc) is 2.94. The Morgan fingerprint density at radius 3 is 2.52 bits per heavy atom. The van der Waals surface area contributed by atoms with Crippen LogP contribution in [0.15, 0.2) is 59.1 Å². The minimum Gasteiger partial charge on any atom is -0.318 e. The molecule has 0 aliphatic rings. The van der Waals surface area contributed by atoms with Crippen LogP contribution in [0.5, 0.6) is 0 Å². The fourth-order valence-corrected chi connectivity index (χ4v) is 3.31. The van der Waals surface area contributed by atoms with Crippen LogP contribution >= 0.6 is 15.9 Å². The second kappa shape index (κ2) is 7.60. The lowest BCUT2D eigenvalue weighted by atomic mass is 10.0. The molecule has 27 heavy (non-hydrogen) atoms. The SMILES string of the molecule is Cc1cc(/C=C(/C#N)c2ccc(Br)cc2)c(C)n1-c1cccc([N+](=O)[O-])c1. The Kier molecular flexibility index (Phi) is 5.24. The van der Waals surface area contributed by atoms with Gasteiger partial charge in [0.25, 0.3) is 5.69 Å². The van der Waals surface area contributed by atoms with E-state index in [1.54, 1.807) is 12.1 Å². The van der Waals surface area contributed by atoms with Crippen molar-refractivity contribution < 1.29 is 4.92 Å². The number of nitriles is 1. The first-order valence-electron chi connectivity index (χ1n) is 8.22. The van der Waals surface area contributed by atoms with Gasteiger partial charge in [-0.25, -0.2) is 0 Å². The first kappa shape index (κ1) is 18.6. The van der Waals surface area contributed by atoms with E-state index in [9.17, 15) is 15.4 Å². The van der Waals surface area contributed by atoms with E-state index < -0.39 is 4.92 Å². The molecule has 0 unspecified atom stereocenters. The topological polar surface area (TPSA) is 71.9 Å². The first-order valence-corrected chi connectivity index (χ1v) is 9.01. The highest BCUT2D eigenvalue weighted by Gasteiger charge is 2.13. The summed E-state index contributed by atoms with van der Waals surface area (Å²) in [5.74, 6) is 0. The van der Waals surface area contributed by atoms with E-state index in [0.29, 0.717) is 5.57 Å². The van der Waals surface area contributed by atoms with Gasteiger partial charge in [0.2, 0.25) is 0 Å². The van der Waals surface area contributed by atoms with E-state index in [0.717, 1.165) is 32.7 Å². The Hall–Kier alpha value is -3.17. The highest BCUT2D eigenvalue weighted by atomic mass is 79.9. The van der Waals surface area contributed by atoms with Crippen molar-refractivity contribution >= 4 is 33.3 Å². The van der Waals surface area contributed by atoms with E-state index in [1.165, 1.54) is 6.07 Å². The van der Waals surface area contributed by atoms with Gasteiger partial charge in [0.1, 0.15) is 0 Å². The normalized spacial score (nSPS) is 11.3. The molecule has 0 aliphatic carbocycles. The predicted molar refractivity (Wildman–Crippen MR) is 110 cm³/mol. The lowest BCUT2D eigenvalue weighted by Gasteiger charge is -2.09. The molecule has 0 bridgehead atoms. The predicted octanol–water partition coefficient (Wildman–Crippen LogP) is 5.83. The summed E-state index contributed by atoms with van der Waals surface area (Å²) >= 11 is 3.40. The highest BCUT2D eigenvalue weighted by Crippen LogP contribution is 2.27. The molecule has 0 amide bonds. The zero-order valence-electron chi connectivity index (χ0n) is 14.8. The number of aryl methyl sites for hydroxylation is 1. The number of nitro groups is 1. The second-order valence-corrected chi connectivity index (χ2v) is 7.03. The maximum atomic E-state index is 11.1. The standard InChI is InChI=1S/C21H16BrN3O2/c1-14-10-17(11-18(13-23)16-6-8-19(22)9-7-16)15(2)24(14)20-4-3-5-21(12-20)25(26)27/h3-12H,1-2H3/b18-11-. The Bertz CT molecular complexity index is 1090. The third-order valence-corrected chi connectivity index (χ3v) is 4.87. The molecule has 1 aromatic heterocycles. The Balaban J connectivity index is 2.08. The van der Waals surface area contributed by atoms with Crippen LogP contribution in [0.3, 0.4) is 0 Å². The molecule has 0 saturated heterocycles. The van der Waals surface area contributed by atoms with Crippen molar-refractivity contribution in [3.05, 3.63) is 91.7 Å². The summed E-state index contributed by atoms with van der Waals surface area (Å²) < 4.78 is 2.91. The van der Waals surface area contributed by atoms with Crippen LogP contribution in [0.2, 0.25) is 0 Å². The summed E-state index contributed by atoms with van der Waals surface area (Å²) in [5, 5.41) is 20.7. The lowest BCUT2D eigenvalue weighted by molar-refractivity contribution is -0.384. The summed E-state index contributed by atoms with van der Waals surface area (Å²) in [6.07, 6.45) is 1.85. The summed E-state index contributed by atoms with van der Waals surface area (Å²) in [5.41, 5.74) is 4.91. The van der Waals surface area contributed by atoms with Gasteiger partial charge in [-0.05, 0) is 55.3 Å². The van der Waals surface area contributed by atoms with E-state index in [2.05, 4.69) is 22.0 Å². The van der Waals surface area contributed by atoms with Gasteiger partial charge in [-0.2, -0.15) is 5.26 Å². The number of nitrogens with zero attached hydrogens (tertiary/aromatic N) is 3. The summed E-state index contributed by atoms with van der Waals surface area (Å²) in [4.78, 5) is 10.7. The minimum atomic E-state index is -0.403. The molecule has 3 aromatic rings. The van der Waals surface area contributed by atoms with Gasteiger partial charge < -0.3 is 4.57 Å². The average molecular weight is 422 g/mol. The van der Waals surface area contributed by atoms with E-state index in [4.69, 9.17) is 0 Å². The summed E-state index contributed by atoms with van der Waals surface area (Å²) in [7, 11) is 0. The van der Waals surface area contributed by atoms with Crippen LogP contribution in [0.4, 0.5) is 5.69 Å². The number of nitro benzene ring substituents is 1. The largest absolute Gasteiger partial charge is 0.318 e. The molecular formula is C21H16BrN3O2. The number of rotatable bonds is 4. The van der Waals surface area contributed by atoms with Crippen LogP contribution in [0.1, 0.15) is 22.5 Å². The Labute approximate surface area is 165 Å². The number of allylic oxidation sites excluding steroid dienone is 1. The van der Waals surface area contributed by atoms with Crippen LogP contribution in [-0.2, 0) is 0 Å². The molecule has 3 rings (SSSR count). The van der Waals surface area contributed by atoms with E-state index in [1.807, 2.05) is 60.9 Å². The van der Waals surface area contributed by atoms with Gasteiger partial charge >= 0.3 is 0 Å². The maximum Gasteiger partial charge on any atom is 0.271 e. The van der Waals surface area contributed by atoms with Crippen molar-refractivity contribution in [2.75, 3.05) is 0 Å². The lowest BCUT2D eigenvalue weighted by Crippen LogP contribution is -2.00. The fourth-order valence-electron chi connectivity index (χ4n) is 3.04. The molecule has 0 N–H and O–H groups in total. The van der Waals surface area contributed by atoms with Crippen molar-refractivity contribution in [2.24, 2.45) is 0 Å². The van der Waals surface area contributed by atoms with Gasteiger partial charge in [0.05, 0.1) is 22.3 Å². The monoisotopic (exact) mass is 421 g/mol. The van der Waals surface area contributed by atoms with Gasteiger partial charge in [-0.15, -0.1) is 0 Å². The molecule has 1 heterocycles. The zero-order chi connectivity index (χ0) is 19.6. The third kappa shape index (κ3) is 3.83.